The van der Waals surface area contributed by atoms with Crippen molar-refractivity contribution in [2.75, 3.05) is 6.73 Å². The van der Waals surface area contributed by atoms with E-state index in [1.807, 2.05) is 19.9 Å². The number of aryl methyl sites for hydroxylation is 2. The number of nitrogens with one attached hydrogen (secondary N) is 1. The molecule has 2 heterocycles. The van der Waals surface area contributed by atoms with E-state index in [4.69, 9.17) is 4.74 Å². The number of H-pyrrole nitrogens is 1. The van der Waals surface area contributed by atoms with Crippen LogP contribution in [0.15, 0.2) is 42.5 Å². The van der Waals surface area contributed by atoms with E-state index in [2.05, 4.69) is 4.98 Å². The number of rotatable bonds is 3. The van der Waals surface area contributed by atoms with Gasteiger partial charge in [-0.2, -0.15) is 0 Å². The Labute approximate surface area is 149 Å². The molecular weight excluding hydrogens is 332 g/mol. The highest BCUT2D eigenvalue weighted by atomic mass is 16.5. The van der Waals surface area contributed by atoms with Crippen LogP contribution in [0.1, 0.15) is 42.3 Å². The minimum atomic E-state index is -0.582. The van der Waals surface area contributed by atoms with Crippen LogP contribution >= 0.6 is 0 Å². The fourth-order valence-electron chi connectivity index (χ4n) is 3.15. The normalized spacial score (nSPS) is 13.4. The predicted molar refractivity (Wildman–Crippen MR) is 95.0 cm³/mol. The molecule has 26 heavy (non-hydrogen) atoms. The van der Waals surface area contributed by atoms with Crippen LogP contribution in [0.2, 0.25) is 0 Å². The first-order chi connectivity index (χ1) is 12.5. The number of hydrogen-bond acceptors (Lipinski definition) is 4. The molecule has 1 aliphatic rings. The SMILES string of the molecule is Cc1[nH]c2ccc(C(=O)OCN3C(=O)c4ccccc4C3=O)cc2c1C. The molecule has 0 saturated heterocycles. The van der Waals surface area contributed by atoms with E-state index in [0.717, 1.165) is 27.1 Å². The summed E-state index contributed by atoms with van der Waals surface area (Å²) in [5, 5.41) is 0.942. The first-order valence-electron chi connectivity index (χ1n) is 8.18. The Kier molecular flexibility index (Phi) is 3.61. The zero-order chi connectivity index (χ0) is 18.4. The Balaban J connectivity index is 1.52. The number of fused-ring (bicyclic) bond motifs is 2. The topological polar surface area (TPSA) is 79.5 Å². The summed E-state index contributed by atoms with van der Waals surface area (Å²) in [5.41, 5.74) is 4.07. The minimum Gasteiger partial charge on any atom is -0.440 e. The van der Waals surface area contributed by atoms with Crippen LogP contribution in [0.4, 0.5) is 0 Å². The van der Waals surface area contributed by atoms with Gasteiger partial charge in [0.25, 0.3) is 11.8 Å². The largest absolute Gasteiger partial charge is 0.440 e. The van der Waals surface area contributed by atoms with Gasteiger partial charge in [-0.25, -0.2) is 9.69 Å². The zero-order valence-electron chi connectivity index (χ0n) is 14.3. The van der Waals surface area contributed by atoms with Crippen molar-refractivity contribution < 1.29 is 19.1 Å². The molecule has 6 heteroatoms. The molecule has 2 aromatic carbocycles. The molecule has 0 unspecified atom stereocenters. The van der Waals surface area contributed by atoms with Crippen molar-refractivity contribution in [2.45, 2.75) is 13.8 Å². The van der Waals surface area contributed by atoms with Gasteiger partial charge < -0.3 is 9.72 Å². The van der Waals surface area contributed by atoms with Crippen molar-refractivity contribution in [2.24, 2.45) is 0 Å². The van der Waals surface area contributed by atoms with Crippen LogP contribution in [-0.2, 0) is 4.74 Å². The molecule has 2 amide bonds. The second-order valence-electron chi connectivity index (χ2n) is 6.28. The molecule has 1 N–H and O–H groups in total. The quantitative estimate of drug-likeness (QED) is 0.582. The fourth-order valence-corrected chi connectivity index (χ4v) is 3.15. The average Bonchev–Trinajstić information content (AvgIpc) is 3.07. The average molecular weight is 348 g/mol. The predicted octanol–water partition coefficient (Wildman–Crippen LogP) is 3.20. The third kappa shape index (κ3) is 2.38. The standard InChI is InChI=1S/C20H16N2O4/c1-11-12(2)21-17-8-7-13(9-16(11)17)20(25)26-10-22-18(23)14-5-3-4-6-15(14)19(22)24/h3-9,21H,10H2,1-2H3. The van der Waals surface area contributed by atoms with Gasteiger partial charge in [0.05, 0.1) is 16.7 Å². The Morgan fingerprint density at radius 1 is 1.04 bits per heavy atom. The van der Waals surface area contributed by atoms with Gasteiger partial charge >= 0.3 is 5.97 Å². The summed E-state index contributed by atoms with van der Waals surface area (Å²) < 4.78 is 5.21. The lowest BCUT2D eigenvalue weighted by Gasteiger charge is -2.14. The third-order valence-electron chi connectivity index (χ3n) is 4.75. The Morgan fingerprint density at radius 3 is 2.35 bits per heavy atom. The Bertz CT molecular complexity index is 1050. The fraction of sp³-hybridized carbons (Fsp3) is 0.150. The molecule has 1 aliphatic heterocycles. The smallest absolute Gasteiger partial charge is 0.339 e. The number of carbonyl (C=O) groups excluding carboxylic acids is 3. The third-order valence-corrected chi connectivity index (χ3v) is 4.75. The van der Waals surface area contributed by atoms with Gasteiger partial charge in [0.1, 0.15) is 0 Å². The van der Waals surface area contributed by atoms with E-state index in [1.165, 1.54) is 0 Å². The first-order valence-corrected chi connectivity index (χ1v) is 8.18. The maximum absolute atomic E-state index is 12.4. The molecule has 0 atom stereocenters. The number of imide groups is 1. The molecule has 130 valence electrons. The number of esters is 1. The van der Waals surface area contributed by atoms with E-state index in [-0.39, 0.29) is 0 Å². The maximum atomic E-state index is 12.4. The van der Waals surface area contributed by atoms with Crippen LogP contribution in [0.25, 0.3) is 10.9 Å². The summed E-state index contributed by atoms with van der Waals surface area (Å²) in [6.07, 6.45) is 0. The molecule has 0 aliphatic carbocycles. The van der Waals surface area contributed by atoms with Gasteiger partial charge in [-0.1, -0.05) is 12.1 Å². The number of nitrogens with zero attached hydrogens (tertiary/aromatic N) is 1. The molecule has 0 bridgehead atoms. The number of amides is 2. The number of aromatic nitrogens is 1. The van der Waals surface area contributed by atoms with Crippen molar-refractivity contribution in [3.63, 3.8) is 0 Å². The van der Waals surface area contributed by atoms with Gasteiger partial charge in [-0.05, 0) is 49.7 Å². The lowest BCUT2D eigenvalue weighted by atomic mass is 10.1. The number of hydrogen-bond donors (Lipinski definition) is 1. The van der Waals surface area contributed by atoms with E-state index < -0.39 is 24.5 Å². The number of ether oxygens (including phenoxy) is 1. The lowest BCUT2D eigenvalue weighted by Crippen LogP contribution is -2.33. The summed E-state index contributed by atoms with van der Waals surface area (Å²) in [6.45, 7) is 3.53. The van der Waals surface area contributed by atoms with Gasteiger partial charge in [0, 0.05) is 16.6 Å². The van der Waals surface area contributed by atoms with Crippen LogP contribution in [0, 0.1) is 13.8 Å². The first kappa shape index (κ1) is 16.1. The van der Waals surface area contributed by atoms with Crippen molar-refractivity contribution >= 4 is 28.7 Å². The van der Waals surface area contributed by atoms with Gasteiger partial charge in [0.2, 0.25) is 0 Å². The summed E-state index contributed by atoms with van der Waals surface area (Å²) in [6, 6.07) is 11.8. The minimum absolute atomic E-state index is 0.327. The van der Waals surface area contributed by atoms with E-state index in [9.17, 15) is 14.4 Å². The van der Waals surface area contributed by atoms with Crippen molar-refractivity contribution in [1.29, 1.82) is 0 Å². The Morgan fingerprint density at radius 2 is 1.69 bits per heavy atom. The number of benzene rings is 2. The monoisotopic (exact) mass is 348 g/mol. The molecule has 0 spiro atoms. The summed E-state index contributed by atoms with van der Waals surface area (Å²) in [4.78, 5) is 41.1. The second-order valence-corrected chi connectivity index (χ2v) is 6.28. The molecule has 3 aromatic rings. The van der Waals surface area contributed by atoms with E-state index in [1.54, 1.807) is 36.4 Å². The summed E-state index contributed by atoms with van der Waals surface area (Å²) in [7, 11) is 0. The molecular formula is C20H16N2O4. The van der Waals surface area contributed by atoms with Crippen LogP contribution in [0.5, 0.6) is 0 Å². The zero-order valence-corrected chi connectivity index (χ0v) is 14.3. The van der Waals surface area contributed by atoms with Crippen molar-refractivity contribution in [3.05, 3.63) is 70.4 Å². The van der Waals surface area contributed by atoms with E-state index >= 15 is 0 Å². The van der Waals surface area contributed by atoms with E-state index in [0.29, 0.717) is 16.7 Å². The lowest BCUT2D eigenvalue weighted by molar-refractivity contribution is 0.0228. The molecule has 0 fully saturated rings. The maximum Gasteiger partial charge on any atom is 0.339 e. The summed E-state index contributed by atoms with van der Waals surface area (Å²) in [5.74, 6) is -1.49. The highest BCUT2D eigenvalue weighted by molar-refractivity contribution is 6.21. The molecule has 4 rings (SSSR count). The highest BCUT2D eigenvalue weighted by Gasteiger charge is 2.35. The van der Waals surface area contributed by atoms with Crippen molar-refractivity contribution in [3.8, 4) is 0 Å². The van der Waals surface area contributed by atoms with Gasteiger partial charge in [0.15, 0.2) is 6.73 Å². The van der Waals surface area contributed by atoms with Crippen molar-refractivity contribution in [1.82, 2.24) is 9.88 Å². The van der Waals surface area contributed by atoms with Crippen LogP contribution < -0.4 is 0 Å². The second kappa shape index (κ2) is 5.84. The molecule has 0 saturated carbocycles. The molecule has 1 aromatic heterocycles. The van der Waals surface area contributed by atoms with Crippen LogP contribution in [-0.4, -0.2) is 34.4 Å². The number of aromatic amines is 1. The van der Waals surface area contributed by atoms with Gasteiger partial charge in [-0.15, -0.1) is 0 Å². The van der Waals surface area contributed by atoms with Crippen LogP contribution in [0.3, 0.4) is 0 Å². The summed E-state index contributed by atoms with van der Waals surface area (Å²) >= 11 is 0. The molecule has 6 nitrogen and oxygen atoms in total. The highest BCUT2D eigenvalue weighted by Crippen LogP contribution is 2.24. The number of carbonyl (C=O) groups is 3. The molecule has 0 radical (unpaired) electrons. The Hall–Kier alpha value is -3.41. The van der Waals surface area contributed by atoms with Gasteiger partial charge in [-0.3, -0.25) is 9.59 Å².